The largest absolute Gasteiger partial charge is 0.489 e. The van der Waals surface area contributed by atoms with Crippen molar-refractivity contribution in [3.8, 4) is 5.75 Å². The lowest BCUT2D eigenvalue weighted by atomic mass is 10.1. The van der Waals surface area contributed by atoms with E-state index in [1.54, 1.807) is 34.9 Å². The lowest BCUT2D eigenvalue weighted by molar-refractivity contribution is -0.115. The van der Waals surface area contributed by atoms with Gasteiger partial charge in [0.2, 0.25) is 5.91 Å². The number of anilines is 1. The molecule has 0 saturated carbocycles. The summed E-state index contributed by atoms with van der Waals surface area (Å²) in [5, 5.41) is 1.01. The van der Waals surface area contributed by atoms with Gasteiger partial charge < -0.3 is 4.74 Å². The maximum absolute atomic E-state index is 12.6. The summed E-state index contributed by atoms with van der Waals surface area (Å²) in [5.41, 5.74) is 2.73. The average molecular weight is 509 g/mol. The Labute approximate surface area is 192 Å². The third kappa shape index (κ3) is 4.75. The van der Waals surface area contributed by atoms with Crippen LogP contribution in [0.1, 0.15) is 16.5 Å². The molecule has 1 saturated heterocycles. The molecular weight excluding hydrogens is 493 g/mol. The number of hydrogen-bond acceptors (Lipinski definition) is 3. The van der Waals surface area contributed by atoms with Gasteiger partial charge in [-0.2, -0.15) is 0 Å². The Morgan fingerprint density at radius 1 is 1.00 bits per heavy atom. The van der Waals surface area contributed by atoms with Crippen LogP contribution in [0.25, 0.3) is 0 Å². The number of thioether (sulfide) groups is 1. The van der Waals surface area contributed by atoms with Crippen LogP contribution in [0, 0.1) is 0 Å². The van der Waals surface area contributed by atoms with Crippen molar-refractivity contribution in [2.24, 2.45) is 0 Å². The number of carbonyl (C=O) groups is 1. The second-order valence-corrected chi connectivity index (χ2v) is 9.36. The van der Waals surface area contributed by atoms with E-state index in [1.165, 1.54) is 0 Å². The zero-order chi connectivity index (χ0) is 20.4. The number of amides is 1. The predicted molar refractivity (Wildman–Crippen MR) is 124 cm³/mol. The van der Waals surface area contributed by atoms with Crippen molar-refractivity contribution in [1.82, 2.24) is 0 Å². The maximum atomic E-state index is 12.6. The molecule has 3 aromatic carbocycles. The highest BCUT2D eigenvalue weighted by molar-refractivity contribution is 9.10. The number of benzene rings is 3. The van der Waals surface area contributed by atoms with Gasteiger partial charge >= 0.3 is 0 Å². The Bertz CT molecular complexity index is 1030. The Balaban J connectivity index is 1.64. The quantitative estimate of drug-likeness (QED) is 0.367. The van der Waals surface area contributed by atoms with Gasteiger partial charge in [0.25, 0.3) is 0 Å². The topological polar surface area (TPSA) is 29.5 Å². The Hall–Kier alpha value is -1.66. The van der Waals surface area contributed by atoms with Crippen molar-refractivity contribution >= 4 is 62.5 Å². The molecule has 1 heterocycles. The Morgan fingerprint density at radius 3 is 2.41 bits per heavy atom. The summed E-state index contributed by atoms with van der Waals surface area (Å²) >= 11 is 17.3. The highest BCUT2D eigenvalue weighted by atomic mass is 79.9. The fourth-order valence-corrected chi connectivity index (χ4v) is 4.88. The fraction of sp³-hybridized carbons (Fsp3) is 0.136. The molecule has 0 aromatic heterocycles. The van der Waals surface area contributed by atoms with Crippen molar-refractivity contribution in [2.45, 2.75) is 12.0 Å². The monoisotopic (exact) mass is 507 g/mol. The van der Waals surface area contributed by atoms with Gasteiger partial charge in [-0.1, -0.05) is 51.3 Å². The van der Waals surface area contributed by atoms with Gasteiger partial charge in [-0.25, -0.2) is 0 Å². The highest BCUT2D eigenvalue weighted by Crippen LogP contribution is 2.45. The average Bonchev–Trinajstić information content (AvgIpc) is 3.10. The predicted octanol–water partition coefficient (Wildman–Crippen LogP) is 7.11. The summed E-state index contributed by atoms with van der Waals surface area (Å²) < 4.78 is 7.14. The van der Waals surface area contributed by atoms with E-state index in [-0.39, 0.29) is 11.3 Å². The van der Waals surface area contributed by atoms with Gasteiger partial charge in [0.1, 0.15) is 17.7 Å². The number of rotatable bonds is 5. The molecule has 0 N–H and O–H groups in total. The van der Waals surface area contributed by atoms with Crippen LogP contribution in [0.3, 0.4) is 0 Å². The van der Waals surface area contributed by atoms with Crippen molar-refractivity contribution < 1.29 is 9.53 Å². The van der Waals surface area contributed by atoms with Crippen molar-refractivity contribution in [1.29, 1.82) is 0 Å². The molecule has 0 aliphatic carbocycles. The summed E-state index contributed by atoms with van der Waals surface area (Å²) in [6.45, 7) is 0.425. The molecule has 29 heavy (non-hydrogen) atoms. The number of halogens is 3. The summed E-state index contributed by atoms with van der Waals surface area (Å²) in [7, 11) is 0. The van der Waals surface area contributed by atoms with Crippen LogP contribution < -0.4 is 9.64 Å². The highest BCUT2D eigenvalue weighted by Gasteiger charge is 2.36. The lowest BCUT2D eigenvalue weighted by Gasteiger charge is -2.26. The smallest absolute Gasteiger partial charge is 0.238 e. The first-order chi connectivity index (χ1) is 14.0. The summed E-state index contributed by atoms with van der Waals surface area (Å²) in [4.78, 5) is 14.4. The minimum atomic E-state index is -0.220. The fourth-order valence-electron chi connectivity index (χ4n) is 3.12. The van der Waals surface area contributed by atoms with E-state index in [1.807, 2.05) is 48.5 Å². The first kappa shape index (κ1) is 20.6. The molecule has 3 nitrogen and oxygen atoms in total. The van der Waals surface area contributed by atoms with Gasteiger partial charge in [-0.3, -0.25) is 9.69 Å². The summed E-state index contributed by atoms with van der Waals surface area (Å²) in [5.74, 6) is 1.15. The van der Waals surface area contributed by atoms with Gasteiger partial charge in [-0.05, 0) is 60.2 Å². The minimum Gasteiger partial charge on any atom is -0.489 e. The zero-order valence-electron chi connectivity index (χ0n) is 15.1. The van der Waals surface area contributed by atoms with Gasteiger partial charge in [0.15, 0.2) is 0 Å². The van der Waals surface area contributed by atoms with E-state index in [0.717, 1.165) is 21.3 Å². The number of ether oxygens (including phenoxy) is 1. The molecule has 1 amide bonds. The lowest BCUT2D eigenvalue weighted by Crippen LogP contribution is -2.28. The van der Waals surface area contributed by atoms with Gasteiger partial charge in [0, 0.05) is 25.8 Å². The van der Waals surface area contributed by atoms with E-state index in [2.05, 4.69) is 15.9 Å². The van der Waals surface area contributed by atoms with Crippen molar-refractivity contribution in [2.75, 3.05) is 10.7 Å². The second-order valence-electron chi connectivity index (χ2n) is 6.50. The van der Waals surface area contributed by atoms with Crippen LogP contribution >= 0.6 is 50.9 Å². The van der Waals surface area contributed by atoms with Gasteiger partial charge in [0.05, 0.1) is 5.75 Å². The zero-order valence-corrected chi connectivity index (χ0v) is 19.1. The molecule has 0 spiro atoms. The molecule has 1 aliphatic heterocycles. The molecule has 0 bridgehead atoms. The van der Waals surface area contributed by atoms with E-state index in [4.69, 9.17) is 27.9 Å². The van der Waals surface area contributed by atoms with Crippen LogP contribution in [0.4, 0.5) is 5.69 Å². The van der Waals surface area contributed by atoms with Gasteiger partial charge in [-0.15, -0.1) is 11.8 Å². The molecule has 4 rings (SSSR count). The molecule has 1 atom stereocenters. The SMILES string of the molecule is O=C1CS[C@@H](c2cc(Cl)ccc2OCc2ccc(Br)cc2)N1c1ccc(Cl)cc1. The van der Waals surface area contributed by atoms with E-state index < -0.39 is 0 Å². The first-order valence-electron chi connectivity index (χ1n) is 8.87. The van der Waals surface area contributed by atoms with Crippen molar-refractivity contribution in [3.05, 3.63) is 92.4 Å². The van der Waals surface area contributed by atoms with Crippen LogP contribution in [-0.2, 0) is 11.4 Å². The Morgan fingerprint density at radius 2 is 1.69 bits per heavy atom. The molecule has 0 unspecified atom stereocenters. The van der Waals surface area contributed by atoms with Crippen LogP contribution in [-0.4, -0.2) is 11.7 Å². The third-order valence-electron chi connectivity index (χ3n) is 4.52. The van der Waals surface area contributed by atoms with E-state index in [0.29, 0.717) is 28.2 Å². The Kier molecular flexibility index (Phi) is 6.40. The van der Waals surface area contributed by atoms with Crippen LogP contribution in [0.2, 0.25) is 10.0 Å². The number of nitrogens with zero attached hydrogens (tertiary/aromatic N) is 1. The normalized spacial score (nSPS) is 16.3. The van der Waals surface area contributed by atoms with E-state index in [9.17, 15) is 4.79 Å². The maximum Gasteiger partial charge on any atom is 0.238 e. The summed E-state index contributed by atoms with van der Waals surface area (Å²) in [6, 6.07) is 20.8. The van der Waals surface area contributed by atoms with Crippen molar-refractivity contribution in [3.63, 3.8) is 0 Å². The molecule has 7 heteroatoms. The standard InChI is InChI=1S/C22H16BrCl2NO2S/c23-15-3-1-14(2-4-15)12-28-20-10-7-17(25)11-19(20)22-26(21(27)13-29-22)18-8-5-16(24)6-9-18/h1-11,22H,12-13H2/t22-/m0/s1. The molecule has 148 valence electrons. The molecular formula is C22H16BrCl2NO2S. The summed E-state index contributed by atoms with van der Waals surface area (Å²) in [6.07, 6.45) is 0. The van der Waals surface area contributed by atoms with Crippen LogP contribution in [0.15, 0.2) is 71.2 Å². The second kappa shape index (κ2) is 9.00. The van der Waals surface area contributed by atoms with Crippen LogP contribution in [0.5, 0.6) is 5.75 Å². The number of hydrogen-bond donors (Lipinski definition) is 0. The molecule has 0 radical (unpaired) electrons. The number of carbonyl (C=O) groups excluding carboxylic acids is 1. The third-order valence-corrected chi connectivity index (χ3v) is 6.73. The minimum absolute atomic E-state index is 0.0427. The van der Waals surface area contributed by atoms with E-state index >= 15 is 0 Å². The molecule has 1 fully saturated rings. The molecule has 3 aromatic rings. The molecule has 1 aliphatic rings. The first-order valence-corrected chi connectivity index (χ1v) is 11.5.